The van der Waals surface area contributed by atoms with Gasteiger partial charge in [0.25, 0.3) is 5.91 Å². The molecule has 136 valence electrons. The summed E-state index contributed by atoms with van der Waals surface area (Å²) < 4.78 is 6.30. The number of amides is 1. The normalized spacial score (nSPS) is 13.7. The Hall–Kier alpha value is -2.99. The average Bonchev–Trinajstić information content (AvgIpc) is 3.32. The van der Waals surface area contributed by atoms with Gasteiger partial charge in [-0.15, -0.1) is 11.3 Å². The van der Waals surface area contributed by atoms with Gasteiger partial charge in [-0.05, 0) is 29.5 Å². The Kier molecular flexibility index (Phi) is 4.73. The number of hydrogen-bond donors (Lipinski definition) is 0. The molecule has 1 aliphatic rings. The van der Waals surface area contributed by atoms with Crippen LogP contribution < -0.4 is 0 Å². The van der Waals surface area contributed by atoms with E-state index in [2.05, 4.69) is 5.10 Å². The van der Waals surface area contributed by atoms with Gasteiger partial charge in [0.1, 0.15) is 4.88 Å². The van der Waals surface area contributed by atoms with Gasteiger partial charge in [-0.3, -0.25) is 4.79 Å². The van der Waals surface area contributed by atoms with E-state index in [1.54, 1.807) is 0 Å². The molecule has 0 saturated heterocycles. The molecule has 0 saturated carbocycles. The third-order valence-electron chi connectivity index (χ3n) is 4.55. The van der Waals surface area contributed by atoms with Crippen molar-refractivity contribution in [3.63, 3.8) is 0 Å². The molecule has 0 N–H and O–H groups in total. The molecule has 1 aromatic heterocycles. The molecule has 4 rings (SSSR count). The number of thiophene rings is 1. The van der Waals surface area contributed by atoms with Crippen LogP contribution in [0.5, 0.6) is 0 Å². The molecule has 0 aliphatic carbocycles. The Labute approximate surface area is 160 Å². The summed E-state index contributed by atoms with van der Waals surface area (Å²) in [6.45, 7) is 2.09. The van der Waals surface area contributed by atoms with Crippen LogP contribution in [0, 0.1) is 6.92 Å². The van der Waals surface area contributed by atoms with Crippen molar-refractivity contribution >= 4 is 39.0 Å². The van der Waals surface area contributed by atoms with E-state index in [9.17, 15) is 9.59 Å². The van der Waals surface area contributed by atoms with Gasteiger partial charge in [-0.1, -0.05) is 48.5 Å². The van der Waals surface area contributed by atoms with Gasteiger partial charge in [0, 0.05) is 11.1 Å². The number of hydrazone groups is 1. The second kappa shape index (κ2) is 7.32. The number of benzene rings is 2. The van der Waals surface area contributed by atoms with E-state index in [4.69, 9.17) is 4.74 Å². The van der Waals surface area contributed by atoms with Gasteiger partial charge in [0.15, 0.2) is 6.61 Å². The molecule has 0 atom stereocenters. The lowest BCUT2D eigenvalue weighted by molar-refractivity contribution is -0.134. The number of carbonyl (C=O) groups is 2. The smallest absolute Gasteiger partial charge is 0.349 e. The molecule has 0 radical (unpaired) electrons. The zero-order chi connectivity index (χ0) is 18.8. The highest BCUT2D eigenvalue weighted by Gasteiger charge is 2.24. The predicted octanol–water partition coefficient (Wildman–Crippen LogP) is 4.00. The predicted molar refractivity (Wildman–Crippen MR) is 106 cm³/mol. The number of rotatable bonds is 4. The van der Waals surface area contributed by atoms with Crippen LogP contribution in [0.3, 0.4) is 0 Å². The van der Waals surface area contributed by atoms with Gasteiger partial charge in [-0.25, -0.2) is 9.80 Å². The Morgan fingerprint density at radius 1 is 1.11 bits per heavy atom. The Morgan fingerprint density at radius 3 is 2.63 bits per heavy atom. The van der Waals surface area contributed by atoms with Crippen LogP contribution in [0.25, 0.3) is 10.1 Å². The highest BCUT2D eigenvalue weighted by molar-refractivity contribution is 7.21. The maximum Gasteiger partial charge on any atom is 0.349 e. The fourth-order valence-electron chi connectivity index (χ4n) is 3.11. The Morgan fingerprint density at radius 2 is 1.85 bits per heavy atom. The van der Waals surface area contributed by atoms with Gasteiger partial charge in [-0.2, -0.15) is 5.10 Å². The minimum absolute atomic E-state index is 0.307. The number of esters is 1. The van der Waals surface area contributed by atoms with Crippen LogP contribution in [0.1, 0.15) is 27.2 Å². The molecule has 2 aromatic carbocycles. The Bertz CT molecular complexity index is 1040. The molecule has 2 heterocycles. The van der Waals surface area contributed by atoms with Crippen molar-refractivity contribution in [3.8, 4) is 0 Å². The lowest BCUT2D eigenvalue weighted by atomic mass is 10.1. The Balaban J connectivity index is 1.41. The van der Waals surface area contributed by atoms with E-state index in [1.807, 2.05) is 61.5 Å². The molecule has 1 amide bonds. The van der Waals surface area contributed by atoms with Crippen molar-refractivity contribution < 1.29 is 14.3 Å². The van der Waals surface area contributed by atoms with Crippen LogP contribution in [-0.4, -0.2) is 35.7 Å². The molecule has 6 heteroatoms. The monoisotopic (exact) mass is 378 g/mol. The first kappa shape index (κ1) is 17.4. The van der Waals surface area contributed by atoms with Crippen molar-refractivity contribution in [1.82, 2.24) is 5.01 Å². The van der Waals surface area contributed by atoms with Gasteiger partial charge < -0.3 is 4.74 Å². The molecule has 5 nitrogen and oxygen atoms in total. The largest absolute Gasteiger partial charge is 0.451 e. The SMILES string of the molecule is Cc1c(C(=O)OCC(=O)N2CCC(c3ccccc3)=N2)sc2ccccc12. The first-order valence-electron chi connectivity index (χ1n) is 8.72. The number of nitrogens with zero attached hydrogens (tertiary/aromatic N) is 2. The summed E-state index contributed by atoms with van der Waals surface area (Å²) in [6.07, 6.45) is 0.694. The number of ether oxygens (including phenoxy) is 1. The average molecular weight is 378 g/mol. The molecule has 1 aliphatic heterocycles. The van der Waals surface area contributed by atoms with E-state index in [1.165, 1.54) is 16.3 Å². The molecule has 0 fully saturated rings. The van der Waals surface area contributed by atoms with Gasteiger partial charge in [0.2, 0.25) is 0 Å². The van der Waals surface area contributed by atoms with Crippen molar-refractivity contribution in [1.29, 1.82) is 0 Å². The summed E-state index contributed by atoms with van der Waals surface area (Å²) >= 11 is 1.39. The van der Waals surface area contributed by atoms with Crippen LogP contribution in [-0.2, 0) is 9.53 Å². The molecule has 0 spiro atoms. The van der Waals surface area contributed by atoms with Crippen molar-refractivity contribution in [3.05, 3.63) is 70.6 Å². The van der Waals surface area contributed by atoms with Crippen LogP contribution in [0.15, 0.2) is 59.7 Å². The standard InChI is InChI=1S/C21H18N2O3S/c1-14-16-9-5-6-10-18(16)27-20(14)21(25)26-13-19(24)23-12-11-17(22-23)15-7-3-2-4-8-15/h2-10H,11-13H2,1H3. The summed E-state index contributed by atoms with van der Waals surface area (Å²) in [5, 5.41) is 6.79. The van der Waals surface area contributed by atoms with Crippen LogP contribution in [0.4, 0.5) is 0 Å². The van der Waals surface area contributed by atoms with E-state index < -0.39 is 5.97 Å². The number of fused-ring (bicyclic) bond motifs is 1. The number of aryl methyl sites for hydroxylation is 1. The van der Waals surface area contributed by atoms with Gasteiger partial charge >= 0.3 is 5.97 Å². The summed E-state index contributed by atoms with van der Waals surface area (Å²) in [4.78, 5) is 25.3. The lowest BCUT2D eigenvalue weighted by Gasteiger charge is -2.11. The summed E-state index contributed by atoms with van der Waals surface area (Å²) in [5.41, 5.74) is 2.76. The molecule has 0 unspecified atom stereocenters. The first-order chi connectivity index (χ1) is 13.1. The maximum absolute atomic E-state index is 12.4. The van der Waals surface area contributed by atoms with E-state index in [-0.39, 0.29) is 12.5 Å². The number of carbonyl (C=O) groups excluding carboxylic acids is 2. The third-order valence-corrected chi connectivity index (χ3v) is 5.81. The molecule has 3 aromatic rings. The third kappa shape index (κ3) is 3.48. The van der Waals surface area contributed by atoms with E-state index >= 15 is 0 Å². The first-order valence-corrected chi connectivity index (χ1v) is 9.53. The van der Waals surface area contributed by atoms with Crippen molar-refractivity contribution in [2.45, 2.75) is 13.3 Å². The van der Waals surface area contributed by atoms with E-state index in [0.29, 0.717) is 17.8 Å². The zero-order valence-electron chi connectivity index (χ0n) is 14.8. The van der Waals surface area contributed by atoms with Crippen LogP contribution >= 0.6 is 11.3 Å². The molecular weight excluding hydrogens is 360 g/mol. The second-order valence-corrected chi connectivity index (χ2v) is 7.36. The summed E-state index contributed by atoms with van der Waals surface area (Å²) in [5.74, 6) is -0.776. The van der Waals surface area contributed by atoms with Gasteiger partial charge in [0.05, 0.1) is 12.3 Å². The fraction of sp³-hybridized carbons (Fsp3) is 0.190. The topological polar surface area (TPSA) is 59.0 Å². The van der Waals surface area contributed by atoms with Crippen molar-refractivity contribution in [2.75, 3.05) is 13.2 Å². The fourth-order valence-corrected chi connectivity index (χ4v) is 4.21. The summed E-state index contributed by atoms with van der Waals surface area (Å²) in [6, 6.07) is 17.6. The summed E-state index contributed by atoms with van der Waals surface area (Å²) in [7, 11) is 0. The minimum atomic E-state index is -0.464. The van der Waals surface area contributed by atoms with Crippen LogP contribution in [0.2, 0.25) is 0 Å². The van der Waals surface area contributed by atoms with Crippen molar-refractivity contribution in [2.24, 2.45) is 5.10 Å². The molecule has 0 bridgehead atoms. The molecule has 27 heavy (non-hydrogen) atoms. The second-order valence-electron chi connectivity index (χ2n) is 6.31. The maximum atomic E-state index is 12.4. The lowest BCUT2D eigenvalue weighted by Crippen LogP contribution is -2.28. The quantitative estimate of drug-likeness (QED) is 0.645. The minimum Gasteiger partial charge on any atom is -0.451 e. The zero-order valence-corrected chi connectivity index (χ0v) is 15.7. The molecular formula is C21H18N2O3S. The highest BCUT2D eigenvalue weighted by Crippen LogP contribution is 2.31. The number of hydrogen-bond acceptors (Lipinski definition) is 5. The highest BCUT2D eigenvalue weighted by atomic mass is 32.1. The van der Waals surface area contributed by atoms with E-state index in [0.717, 1.165) is 26.9 Å².